The van der Waals surface area contributed by atoms with Gasteiger partial charge in [0, 0.05) is 59.4 Å². The van der Waals surface area contributed by atoms with Crippen LogP contribution in [0.1, 0.15) is 29.9 Å². The molecule has 0 fully saturated rings. The number of hydrogen-bond donors (Lipinski definition) is 3. The number of anilines is 1. The number of esters is 1. The van der Waals surface area contributed by atoms with Crippen molar-refractivity contribution in [1.29, 1.82) is 0 Å². The SMILES string of the molecule is CCNC(=O)Nc1cc(-c2nc(C)cs2)c(-c2cnc3c(c2)c(=O)c(C(=O)OCC)cn3CCO)cn1. The Labute approximate surface area is 216 Å². The van der Waals surface area contributed by atoms with E-state index in [4.69, 9.17) is 4.74 Å². The average Bonchev–Trinajstić information content (AvgIpc) is 3.32. The lowest BCUT2D eigenvalue weighted by molar-refractivity contribution is 0.0524. The molecule has 4 heterocycles. The van der Waals surface area contributed by atoms with Gasteiger partial charge in [0.25, 0.3) is 0 Å². The van der Waals surface area contributed by atoms with Crippen LogP contribution in [-0.4, -0.2) is 56.4 Å². The Balaban J connectivity index is 1.90. The predicted octanol–water partition coefficient (Wildman–Crippen LogP) is 3.20. The molecular formula is C25H26N6O5S. The first-order chi connectivity index (χ1) is 17.9. The molecule has 0 aromatic carbocycles. The van der Waals surface area contributed by atoms with Crippen molar-refractivity contribution >= 4 is 40.2 Å². The van der Waals surface area contributed by atoms with E-state index in [1.165, 1.54) is 17.5 Å². The number of urea groups is 1. The molecule has 2 amide bonds. The number of nitrogens with one attached hydrogen (secondary N) is 2. The molecule has 4 rings (SSSR count). The topological polar surface area (TPSA) is 148 Å². The molecule has 0 saturated heterocycles. The number of rotatable bonds is 8. The molecule has 11 nitrogen and oxygen atoms in total. The summed E-state index contributed by atoms with van der Waals surface area (Å²) in [6.45, 7) is 5.87. The molecule has 3 N–H and O–H groups in total. The number of aliphatic hydroxyl groups excluding tert-OH is 1. The van der Waals surface area contributed by atoms with E-state index in [2.05, 4.69) is 25.6 Å². The maximum absolute atomic E-state index is 13.3. The van der Waals surface area contributed by atoms with Gasteiger partial charge in [-0.1, -0.05) is 0 Å². The van der Waals surface area contributed by atoms with Crippen molar-refractivity contribution in [2.45, 2.75) is 27.3 Å². The van der Waals surface area contributed by atoms with Crippen molar-refractivity contribution in [2.24, 2.45) is 0 Å². The van der Waals surface area contributed by atoms with E-state index in [-0.39, 0.29) is 36.7 Å². The van der Waals surface area contributed by atoms with E-state index in [1.54, 1.807) is 36.0 Å². The van der Waals surface area contributed by atoms with Gasteiger partial charge >= 0.3 is 12.0 Å². The highest BCUT2D eigenvalue weighted by molar-refractivity contribution is 7.13. The van der Waals surface area contributed by atoms with Gasteiger partial charge in [-0.2, -0.15) is 0 Å². The number of hydrogen-bond acceptors (Lipinski definition) is 9. The second-order valence-corrected chi connectivity index (χ2v) is 8.86. The first kappa shape index (κ1) is 25.9. The van der Waals surface area contributed by atoms with Crippen LogP contribution in [0.25, 0.3) is 32.7 Å². The fraction of sp³-hybridized carbons (Fsp3) is 0.280. The van der Waals surface area contributed by atoms with Gasteiger partial charge in [-0.15, -0.1) is 11.3 Å². The fourth-order valence-electron chi connectivity index (χ4n) is 3.78. The van der Waals surface area contributed by atoms with Crippen molar-refractivity contribution in [2.75, 3.05) is 25.1 Å². The van der Waals surface area contributed by atoms with Gasteiger partial charge in [0.15, 0.2) is 0 Å². The Morgan fingerprint density at radius 1 is 1.16 bits per heavy atom. The number of carbonyl (C=O) groups is 2. The molecule has 0 unspecified atom stereocenters. The molecule has 12 heteroatoms. The van der Waals surface area contributed by atoms with Gasteiger partial charge in [0.05, 0.1) is 18.6 Å². The summed E-state index contributed by atoms with van der Waals surface area (Å²) in [4.78, 5) is 51.2. The standard InChI is InChI=1S/C25H26N6O5S/c1-4-26-25(35)30-20-9-16(23-29-14(3)13-37-23)18(11-27-20)15-8-17-21(33)19(24(34)36-5-2)12-31(6-7-32)22(17)28-10-15/h8-13,32H,4-7H2,1-3H3,(H2,26,27,30,35). The van der Waals surface area contributed by atoms with Crippen molar-refractivity contribution in [3.8, 4) is 21.7 Å². The molecule has 37 heavy (non-hydrogen) atoms. The number of thiazole rings is 1. The Morgan fingerprint density at radius 2 is 1.97 bits per heavy atom. The summed E-state index contributed by atoms with van der Waals surface area (Å²) in [5.74, 6) is -0.408. The van der Waals surface area contributed by atoms with E-state index in [9.17, 15) is 19.5 Å². The number of aliphatic hydroxyl groups is 1. The lowest BCUT2D eigenvalue weighted by Crippen LogP contribution is -2.28. The highest BCUT2D eigenvalue weighted by Crippen LogP contribution is 2.35. The quantitative estimate of drug-likeness (QED) is 0.299. The van der Waals surface area contributed by atoms with E-state index in [0.29, 0.717) is 39.7 Å². The minimum atomic E-state index is -0.743. The molecule has 0 aliphatic rings. The van der Waals surface area contributed by atoms with E-state index in [0.717, 1.165) is 5.69 Å². The molecular weight excluding hydrogens is 496 g/mol. The first-order valence-corrected chi connectivity index (χ1v) is 12.5. The van der Waals surface area contributed by atoms with Crippen LogP contribution >= 0.6 is 11.3 Å². The second-order valence-electron chi connectivity index (χ2n) is 8.00. The van der Waals surface area contributed by atoms with Crippen LogP contribution in [0.5, 0.6) is 0 Å². The molecule has 0 bridgehead atoms. The average molecular weight is 523 g/mol. The van der Waals surface area contributed by atoms with Crippen LogP contribution in [0.2, 0.25) is 0 Å². The molecule has 0 saturated carbocycles. The van der Waals surface area contributed by atoms with Gasteiger partial charge in [0.1, 0.15) is 22.0 Å². The van der Waals surface area contributed by atoms with E-state index < -0.39 is 11.4 Å². The highest BCUT2D eigenvalue weighted by atomic mass is 32.1. The summed E-state index contributed by atoms with van der Waals surface area (Å²) < 4.78 is 6.61. The maximum atomic E-state index is 13.3. The van der Waals surface area contributed by atoms with Crippen molar-refractivity contribution in [3.05, 3.63) is 57.6 Å². The zero-order valence-electron chi connectivity index (χ0n) is 20.6. The molecule has 0 spiro atoms. The predicted molar refractivity (Wildman–Crippen MR) is 141 cm³/mol. The third-order valence-corrected chi connectivity index (χ3v) is 6.39. The number of amides is 2. The van der Waals surface area contributed by atoms with Gasteiger partial charge in [-0.05, 0) is 32.9 Å². The summed E-state index contributed by atoms with van der Waals surface area (Å²) in [6, 6.07) is 2.97. The summed E-state index contributed by atoms with van der Waals surface area (Å²) in [5.41, 5.74) is 2.40. The number of nitrogens with zero attached hydrogens (tertiary/aromatic N) is 4. The van der Waals surface area contributed by atoms with Gasteiger partial charge in [0.2, 0.25) is 5.43 Å². The summed E-state index contributed by atoms with van der Waals surface area (Å²) in [5, 5.41) is 17.7. The normalized spacial score (nSPS) is 10.9. The third-order valence-electron chi connectivity index (χ3n) is 5.39. The Morgan fingerprint density at radius 3 is 2.65 bits per heavy atom. The zero-order chi connectivity index (χ0) is 26.5. The lowest BCUT2D eigenvalue weighted by atomic mass is 10.0. The summed E-state index contributed by atoms with van der Waals surface area (Å²) in [6.07, 6.45) is 4.54. The first-order valence-electron chi connectivity index (χ1n) is 11.6. The Kier molecular flexibility index (Phi) is 7.89. The lowest BCUT2D eigenvalue weighted by Gasteiger charge is -2.14. The van der Waals surface area contributed by atoms with Crippen LogP contribution in [0.3, 0.4) is 0 Å². The maximum Gasteiger partial charge on any atom is 0.343 e. The van der Waals surface area contributed by atoms with Gasteiger partial charge < -0.3 is 19.7 Å². The number of ether oxygens (including phenoxy) is 1. The number of pyridine rings is 3. The Hall–Kier alpha value is -4.16. The van der Waals surface area contributed by atoms with E-state index in [1.807, 2.05) is 19.2 Å². The number of carbonyl (C=O) groups excluding carboxylic acids is 2. The highest BCUT2D eigenvalue weighted by Gasteiger charge is 2.20. The smallest absolute Gasteiger partial charge is 0.343 e. The summed E-state index contributed by atoms with van der Waals surface area (Å²) >= 11 is 1.43. The third kappa shape index (κ3) is 5.49. The fourth-order valence-corrected chi connectivity index (χ4v) is 4.61. The van der Waals surface area contributed by atoms with Gasteiger partial charge in [-0.3, -0.25) is 10.1 Å². The molecule has 0 radical (unpaired) electrons. The van der Waals surface area contributed by atoms with E-state index >= 15 is 0 Å². The Bertz CT molecular complexity index is 1530. The van der Waals surface area contributed by atoms with Crippen LogP contribution < -0.4 is 16.1 Å². The van der Waals surface area contributed by atoms with Crippen LogP contribution in [0.15, 0.2) is 40.9 Å². The molecule has 0 aliphatic carbocycles. The molecule has 0 atom stereocenters. The summed E-state index contributed by atoms with van der Waals surface area (Å²) in [7, 11) is 0. The second kappa shape index (κ2) is 11.3. The molecule has 192 valence electrons. The van der Waals surface area contributed by atoms with Crippen LogP contribution in [0.4, 0.5) is 10.6 Å². The van der Waals surface area contributed by atoms with Gasteiger partial charge in [-0.25, -0.2) is 24.5 Å². The minimum absolute atomic E-state index is 0.119. The largest absolute Gasteiger partial charge is 0.462 e. The number of fused-ring (bicyclic) bond motifs is 1. The molecule has 4 aromatic heterocycles. The van der Waals surface area contributed by atoms with Crippen LogP contribution in [-0.2, 0) is 11.3 Å². The van der Waals surface area contributed by atoms with Crippen molar-refractivity contribution in [1.82, 2.24) is 24.8 Å². The monoisotopic (exact) mass is 522 g/mol. The van der Waals surface area contributed by atoms with Crippen molar-refractivity contribution < 1.29 is 19.4 Å². The van der Waals surface area contributed by atoms with Crippen LogP contribution in [0, 0.1) is 6.92 Å². The number of aromatic nitrogens is 4. The molecule has 0 aliphatic heterocycles. The zero-order valence-corrected chi connectivity index (χ0v) is 21.4. The molecule has 4 aromatic rings. The minimum Gasteiger partial charge on any atom is -0.462 e. The number of aryl methyl sites for hydroxylation is 1. The van der Waals surface area contributed by atoms with Crippen molar-refractivity contribution in [3.63, 3.8) is 0 Å².